The van der Waals surface area contributed by atoms with Crippen LogP contribution >= 0.6 is 15.9 Å². The molecule has 18 heavy (non-hydrogen) atoms. The highest BCUT2D eigenvalue weighted by Gasteiger charge is 2.16. The zero-order valence-electron chi connectivity index (χ0n) is 9.04. The predicted molar refractivity (Wildman–Crippen MR) is 69.5 cm³/mol. The molecule has 92 valence electrons. The quantitative estimate of drug-likeness (QED) is 0.694. The standard InChI is InChI=1S/C11H8BrN3O3/c12-11-8(15(16)17)2-1-3-9(11)18-10-6-7(13)4-5-14-10/h1-6H,(H2,13,14). The van der Waals surface area contributed by atoms with Crippen LogP contribution in [0.5, 0.6) is 11.6 Å². The van der Waals surface area contributed by atoms with E-state index in [1.165, 1.54) is 24.4 Å². The van der Waals surface area contributed by atoms with Crippen LogP contribution in [-0.2, 0) is 0 Å². The number of nitrogens with zero attached hydrogens (tertiary/aromatic N) is 2. The maximum atomic E-state index is 10.8. The van der Waals surface area contributed by atoms with Gasteiger partial charge in [-0.2, -0.15) is 0 Å². The second-order valence-electron chi connectivity index (χ2n) is 3.38. The molecule has 0 spiro atoms. The van der Waals surface area contributed by atoms with Crippen molar-refractivity contribution in [1.29, 1.82) is 0 Å². The molecule has 0 fully saturated rings. The van der Waals surface area contributed by atoms with Crippen molar-refractivity contribution in [3.8, 4) is 11.6 Å². The van der Waals surface area contributed by atoms with Crippen LogP contribution in [0.15, 0.2) is 41.0 Å². The number of halogens is 1. The molecule has 0 atom stereocenters. The van der Waals surface area contributed by atoms with E-state index in [0.717, 1.165) is 0 Å². The molecule has 0 saturated carbocycles. The van der Waals surface area contributed by atoms with Crippen molar-refractivity contribution in [3.05, 3.63) is 51.1 Å². The van der Waals surface area contributed by atoms with Gasteiger partial charge in [0, 0.05) is 24.0 Å². The van der Waals surface area contributed by atoms with Crippen LogP contribution in [0.2, 0.25) is 0 Å². The van der Waals surface area contributed by atoms with Gasteiger partial charge in [0.1, 0.15) is 4.47 Å². The average molecular weight is 310 g/mol. The Morgan fingerprint density at radius 1 is 1.39 bits per heavy atom. The maximum absolute atomic E-state index is 10.8. The number of nitrogen functional groups attached to an aromatic ring is 1. The molecule has 0 aliphatic heterocycles. The lowest BCUT2D eigenvalue weighted by atomic mass is 10.3. The smallest absolute Gasteiger partial charge is 0.287 e. The van der Waals surface area contributed by atoms with Crippen LogP contribution in [0.4, 0.5) is 11.4 Å². The summed E-state index contributed by atoms with van der Waals surface area (Å²) in [5, 5.41) is 10.8. The van der Waals surface area contributed by atoms with Gasteiger partial charge in [-0.25, -0.2) is 4.98 Å². The van der Waals surface area contributed by atoms with Crippen molar-refractivity contribution < 1.29 is 9.66 Å². The molecule has 0 radical (unpaired) electrons. The number of nitrogens with two attached hydrogens (primary N) is 1. The third kappa shape index (κ3) is 2.57. The van der Waals surface area contributed by atoms with Gasteiger partial charge in [0.05, 0.1) is 4.92 Å². The highest BCUT2D eigenvalue weighted by atomic mass is 79.9. The molecule has 0 unspecified atom stereocenters. The van der Waals surface area contributed by atoms with E-state index in [9.17, 15) is 10.1 Å². The zero-order chi connectivity index (χ0) is 13.1. The van der Waals surface area contributed by atoms with Gasteiger partial charge >= 0.3 is 0 Å². The summed E-state index contributed by atoms with van der Waals surface area (Å²) in [6.45, 7) is 0. The first-order valence-electron chi connectivity index (χ1n) is 4.90. The van der Waals surface area contributed by atoms with Gasteiger partial charge in [0.2, 0.25) is 5.88 Å². The number of hydrogen-bond acceptors (Lipinski definition) is 5. The van der Waals surface area contributed by atoms with Crippen LogP contribution in [0.25, 0.3) is 0 Å². The number of ether oxygens (including phenoxy) is 1. The Morgan fingerprint density at radius 3 is 2.83 bits per heavy atom. The third-order valence-corrected chi connectivity index (χ3v) is 2.91. The fourth-order valence-electron chi connectivity index (χ4n) is 1.31. The van der Waals surface area contributed by atoms with Gasteiger partial charge in [0.15, 0.2) is 5.75 Å². The van der Waals surface area contributed by atoms with E-state index < -0.39 is 4.92 Å². The molecule has 0 bridgehead atoms. The molecule has 0 aliphatic carbocycles. The second-order valence-corrected chi connectivity index (χ2v) is 4.17. The highest BCUT2D eigenvalue weighted by Crippen LogP contribution is 2.36. The summed E-state index contributed by atoms with van der Waals surface area (Å²) in [6, 6.07) is 7.66. The number of rotatable bonds is 3. The molecule has 2 aromatic rings. The molecule has 6 nitrogen and oxygen atoms in total. The SMILES string of the molecule is Nc1ccnc(Oc2cccc([N+](=O)[O-])c2Br)c1. The fraction of sp³-hybridized carbons (Fsp3) is 0. The van der Waals surface area contributed by atoms with E-state index in [1.54, 1.807) is 12.1 Å². The lowest BCUT2D eigenvalue weighted by molar-refractivity contribution is -0.385. The van der Waals surface area contributed by atoms with Gasteiger partial charge in [-0.3, -0.25) is 10.1 Å². The van der Waals surface area contributed by atoms with Crippen LogP contribution in [-0.4, -0.2) is 9.91 Å². The highest BCUT2D eigenvalue weighted by molar-refractivity contribution is 9.10. The van der Waals surface area contributed by atoms with E-state index in [-0.39, 0.29) is 16.0 Å². The van der Waals surface area contributed by atoms with Gasteiger partial charge < -0.3 is 10.5 Å². The van der Waals surface area contributed by atoms with Crippen molar-refractivity contribution in [1.82, 2.24) is 4.98 Å². The zero-order valence-corrected chi connectivity index (χ0v) is 10.6. The van der Waals surface area contributed by atoms with Gasteiger partial charge in [-0.05, 0) is 28.1 Å². The van der Waals surface area contributed by atoms with E-state index in [2.05, 4.69) is 20.9 Å². The number of anilines is 1. The molecular formula is C11H8BrN3O3. The van der Waals surface area contributed by atoms with Crippen molar-refractivity contribution in [3.63, 3.8) is 0 Å². The van der Waals surface area contributed by atoms with Crippen molar-refractivity contribution >= 4 is 27.3 Å². The molecule has 0 saturated heterocycles. The Balaban J connectivity index is 2.35. The van der Waals surface area contributed by atoms with E-state index in [0.29, 0.717) is 11.4 Å². The minimum absolute atomic E-state index is 0.0728. The number of aromatic nitrogens is 1. The monoisotopic (exact) mass is 309 g/mol. The molecule has 0 amide bonds. The first-order chi connectivity index (χ1) is 8.58. The Labute approximate surface area is 111 Å². The Kier molecular flexibility index (Phi) is 3.42. The predicted octanol–water partition coefficient (Wildman–Crippen LogP) is 3.13. The average Bonchev–Trinajstić information content (AvgIpc) is 2.31. The number of benzene rings is 1. The molecule has 7 heteroatoms. The Morgan fingerprint density at radius 2 is 2.17 bits per heavy atom. The molecular weight excluding hydrogens is 302 g/mol. The minimum atomic E-state index is -0.496. The van der Waals surface area contributed by atoms with Gasteiger partial charge in [0.25, 0.3) is 5.69 Å². The second kappa shape index (κ2) is 5.01. The van der Waals surface area contributed by atoms with E-state index >= 15 is 0 Å². The Hall–Kier alpha value is -2.15. The van der Waals surface area contributed by atoms with Gasteiger partial charge in [-0.15, -0.1) is 0 Å². The number of nitro benzene ring substituents is 1. The lowest BCUT2D eigenvalue weighted by Crippen LogP contribution is -1.94. The number of pyridine rings is 1. The van der Waals surface area contributed by atoms with Crippen molar-refractivity contribution in [2.75, 3.05) is 5.73 Å². The number of hydrogen-bond donors (Lipinski definition) is 1. The summed E-state index contributed by atoms with van der Waals surface area (Å²) in [4.78, 5) is 14.2. The van der Waals surface area contributed by atoms with E-state index in [4.69, 9.17) is 10.5 Å². The number of nitro groups is 1. The summed E-state index contributed by atoms with van der Waals surface area (Å²) in [5.41, 5.74) is 6.02. The summed E-state index contributed by atoms with van der Waals surface area (Å²) < 4.78 is 5.70. The molecule has 2 N–H and O–H groups in total. The summed E-state index contributed by atoms with van der Waals surface area (Å²) in [7, 11) is 0. The van der Waals surface area contributed by atoms with Crippen LogP contribution in [0, 0.1) is 10.1 Å². The lowest BCUT2D eigenvalue weighted by Gasteiger charge is -2.07. The molecule has 1 aromatic carbocycles. The maximum Gasteiger partial charge on any atom is 0.287 e. The van der Waals surface area contributed by atoms with Gasteiger partial charge in [-0.1, -0.05) is 6.07 Å². The summed E-state index contributed by atoms with van der Waals surface area (Å²) in [6.07, 6.45) is 1.50. The van der Waals surface area contributed by atoms with Crippen molar-refractivity contribution in [2.24, 2.45) is 0 Å². The Bertz CT molecular complexity index is 604. The van der Waals surface area contributed by atoms with Crippen LogP contribution in [0.1, 0.15) is 0 Å². The van der Waals surface area contributed by atoms with E-state index in [1.807, 2.05) is 0 Å². The van der Waals surface area contributed by atoms with Crippen LogP contribution < -0.4 is 10.5 Å². The van der Waals surface area contributed by atoms with Crippen LogP contribution in [0.3, 0.4) is 0 Å². The molecule has 1 aromatic heterocycles. The fourth-order valence-corrected chi connectivity index (χ4v) is 1.80. The molecule has 2 rings (SSSR count). The topological polar surface area (TPSA) is 91.3 Å². The minimum Gasteiger partial charge on any atom is -0.438 e. The normalized spacial score (nSPS) is 10.1. The summed E-state index contributed by atoms with van der Waals surface area (Å²) >= 11 is 3.13. The first kappa shape index (κ1) is 12.3. The first-order valence-corrected chi connectivity index (χ1v) is 5.69. The van der Waals surface area contributed by atoms with Crippen molar-refractivity contribution in [2.45, 2.75) is 0 Å². The molecule has 0 aliphatic rings. The third-order valence-electron chi connectivity index (χ3n) is 2.11. The molecule has 1 heterocycles. The largest absolute Gasteiger partial charge is 0.438 e. The summed E-state index contributed by atoms with van der Waals surface area (Å²) in [5.74, 6) is 0.582.